The summed E-state index contributed by atoms with van der Waals surface area (Å²) < 4.78 is 11.8. The van der Waals surface area contributed by atoms with Gasteiger partial charge < -0.3 is 9.15 Å². The Morgan fingerprint density at radius 2 is 1.85 bits per heavy atom. The smallest absolute Gasteiger partial charge is 0.291 e. The third kappa shape index (κ3) is 4.81. The minimum atomic E-state index is -0.394. The van der Waals surface area contributed by atoms with Crippen LogP contribution in [0.1, 0.15) is 17.0 Å². The van der Waals surface area contributed by atoms with Crippen molar-refractivity contribution in [1.29, 1.82) is 0 Å². The molecule has 6 nitrogen and oxygen atoms in total. The van der Waals surface area contributed by atoms with Crippen LogP contribution in [0.15, 0.2) is 87.9 Å². The summed E-state index contributed by atoms with van der Waals surface area (Å²) in [6, 6.07) is 21.9. The topological polar surface area (TPSA) is 81.4 Å². The summed E-state index contributed by atoms with van der Waals surface area (Å²) in [7, 11) is 0. The van der Waals surface area contributed by atoms with Gasteiger partial charge in [-0.3, -0.25) is 14.9 Å². The molecule has 1 fully saturated rings. The van der Waals surface area contributed by atoms with Gasteiger partial charge in [0.05, 0.1) is 0 Å². The number of ether oxygens (including phenoxy) is 1. The molecule has 0 atom stereocenters. The minimum Gasteiger partial charge on any atom is -0.487 e. The lowest BCUT2D eigenvalue weighted by Crippen LogP contribution is -2.17. The van der Waals surface area contributed by atoms with E-state index < -0.39 is 5.91 Å². The van der Waals surface area contributed by atoms with E-state index in [1.165, 1.54) is 0 Å². The lowest BCUT2D eigenvalue weighted by Gasteiger charge is -2.07. The molecule has 4 aromatic rings. The first-order chi connectivity index (χ1) is 16.5. The molecule has 3 aromatic carbocycles. The van der Waals surface area contributed by atoms with Crippen LogP contribution in [0.3, 0.4) is 0 Å². The molecule has 1 saturated heterocycles. The molecule has 1 aliphatic heterocycles. The van der Waals surface area contributed by atoms with Gasteiger partial charge >= 0.3 is 0 Å². The number of thioether (sulfide) groups is 1. The normalized spacial score (nSPS) is 13.1. The Kier molecular flexibility index (Phi) is 6.04. The molecule has 2 amide bonds. The second-order valence-electron chi connectivity index (χ2n) is 7.75. The van der Waals surface area contributed by atoms with Crippen molar-refractivity contribution in [3.05, 3.63) is 100 Å². The average molecular weight is 469 g/mol. The Morgan fingerprint density at radius 3 is 2.65 bits per heavy atom. The summed E-state index contributed by atoms with van der Waals surface area (Å²) in [5, 5.41) is 4.00. The zero-order valence-corrected chi connectivity index (χ0v) is 19.1. The largest absolute Gasteiger partial charge is 0.487 e. The quantitative estimate of drug-likeness (QED) is 0.278. The Hall–Kier alpha value is -4.06. The maximum Gasteiger partial charge on any atom is 0.291 e. The van der Waals surface area contributed by atoms with Gasteiger partial charge in [0.25, 0.3) is 11.1 Å². The molecule has 34 heavy (non-hydrogen) atoms. The third-order valence-corrected chi connectivity index (χ3v) is 6.15. The SMILES string of the molecule is Cc1oc(-c2ccccc2)nc1COc1ccc2cc(CC=C=C3SC(=O)NC3=O)ccc2c1. The fraction of sp³-hybridized carbons (Fsp3) is 0.111. The zero-order valence-electron chi connectivity index (χ0n) is 18.3. The van der Waals surface area contributed by atoms with Crippen LogP contribution in [0, 0.1) is 6.92 Å². The van der Waals surface area contributed by atoms with Crippen molar-refractivity contribution in [3.8, 4) is 17.2 Å². The van der Waals surface area contributed by atoms with E-state index in [0.717, 1.165) is 50.9 Å². The third-order valence-electron chi connectivity index (χ3n) is 5.35. The van der Waals surface area contributed by atoms with Crippen molar-refractivity contribution in [3.63, 3.8) is 0 Å². The standard InChI is InChI=1S/C27H20N2O4S/c1-17-23(28-26(33-17)19-7-3-2-4-8-19)16-32-22-13-12-20-14-18(10-11-21(20)15-22)6-5-9-24-25(30)29-27(31)34-24/h2-5,7-8,10-15H,6,16H2,1H3,(H,29,30,31). The first kappa shape index (κ1) is 21.8. The van der Waals surface area contributed by atoms with Gasteiger partial charge in [-0.05, 0) is 71.8 Å². The number of fused-ring (bicyclic) bond motifs is 1. The van der Waals surface area contributed by atoms with Crippen molar-refractivity contribution in [2.75, 3.05) is 0 Å². The molecule has 2 heterocycles. The van der Waals surface area contributed by atoms with Crippen molar-refractivity contribution in [1.82, 2.24) is 10.3 Å². The van der Waals surface area contributed by atoms with Gasteiger partial charge in [0.15, 0.2) is 0 Å². The minimum absolute atomic E-state index is 0.297. The molecule has 0 radical (unpaired) electrons. The molecule has 0 aliphatic carbocycles. The van der Waals surface area contributed by atoms with Crippen LogP contribution >= 0.6 is 11.8 Å². The number of imide groups is 1. The summed E-state index contributed by atoms with van der Waals surface area (Å²) in [4.78, 5) is 27.7. The molecule has 0 spiro atoms. The number of aryl methyl sites for hydroxylation is 1. The highest BCUT2D eigenvalue weighted by Gasteiger charge is 2.24. The Labute approximate surface area is 200 Å². The molecule has 168 valence electrons. The van der Waals surface area contributed by atoms with Crippen LogP contribution in [0.5, 0.6) is 5.75 Å². The second-order valence-corrected chi connectivity index (χ2v) is 8.73. The van der Waals surface area contributed by atoms with Gasteiger partial charge in [-0.2, -0.15) is 0 Å². The van der Waals surface area contributed by atoms with E-state index in [1.807, 2.05) is 67.6 Å². The van der Waals surface area contributed by atoms with Crippen LogP contribution in [-0.4, -0.2) is 16.1 Å². The fourth-order valence-electron chi connectivity index (χ4n) is 3.58. The molecule has 1 N–H and O–H groups in total. The summed E-state index contributed by atoms with van der Waals surface area (Å²) in [5.74, 6) is 1.69. The first-order valence-electron chi connectivity index (χ1n) is 10.7. The van der Waals surface area contributed by atoms with E-state index in [1.54, 1.807) is 6.08 Å². The number of nitrogens with one attached hydrogen (secondary N) is 1. The maximum atomic E-state index is 11.6. The highest BCUT2D eigenvalue weighted by molar-refractivity contribution is 8.18. The van der Waals surface area contributed by atoms with Gasteiger partial charge in [0, 0.05) is 5.56 Å². The maximum absolute atomic E-state index is 11.6. The average Bonchev–Trinajstić information content (AvgIpc) is 3.38. The number of rotatable bonds is 6. The molecule has 1 aliphatic rings. The van der Waals surface area contributed by atoms with E-state index in [4.69, 9.17) is 9.15 Å². The number of hydrogen-bond acceptors (Lipinski definition) is 6. The van der Waals surface area contributed by atoms with E-state index in [2.05, 4.69) is 22.1 Å². The highest BCUT2D eigenvalue weighted by Crippen LogP contribution is 2.26. The number of benzene rings is 3. The number of carbonyl (C=O) groups excluding carboxylic acids is 2. The number of aromatic nitrogens is 1. The van der Waals surface area contributed by atoms with Crippen LogP contribution in [-0.2, 0) is 17.8 Å². The van der Waals surface area contributed by atoms with Gasteiger partial charge in [-0.1, -0.05) is 42.5 Å². The second kappa shape index (κ2) is 9.43. The molecule has 7 heteroatoms. The first-order valence-corrected chi connectivity index (χ1v) is 11.5. The summed E-state index contributed by atoms with van der Waals surface area (Å²) in [6.45, 7) is 2.21. The monoisotopic (exact) mass is 468 g/mol. The molecule has 0 unspecified atom stereocenters. The molecule has 1 aromatic heterocycles. The molecular formula is C27H20N2O4S. The predicted molar refractivity (Wildman–Crippen MR) is 131 cm³/mol. The number of amides is 2. The van der Waals surface area contributed by atoms with E-state index in [-0.39, 0.29) is 5.24 Å². The van der Waals surface area contributed by atoms with Crippen molar-refractivity contribution in [2.45, 2.75) is 20.0 Å². The van der Waals surface area contributed by atoms with Gasteiger partial charge in [0.1, 0.15) is 28.7 Å². The highest BCUT2D eigenvalue weighted by atomic mass is 32.2. The van der Waals surface area contributed by atoms with Crippen molar-refractivity contribution in [2.24, 2.45) is 0 Å². The molecule has 5 rings (SSSR count). The van der Waals surface area contributed by atoms with Gasteiger partial charge in [-0.15, -0.1) is 5.73 Å². The van der Waals surface area contributed by atoms with E-state index in [9.17, 15) is 9.59 Å². The lowest BCUT2D eigenvalue weighted by atomic mass is 10.0. The number of oxazole rings is 1. The van der Waals surface area contributed by atoms with Crippen LogP contribution in [0.2, 0.25) is 0 Å². The van der Waals surface area contributed by atoms with Gasteiger partial charge in [-0.25, -0.2) is 4.98 Å². The van der Waals surface area contributed by atoms with E-state index in [0.29, 0.717) is 23.8 Å². The molecule has 0 saturated carbocycles. The van der Waals surface area contributed by atoms with Gasteiger partial charge in [0.2, 0.25) is 5.89 Å². The lowest BCUT2D eigenvalue weighted by molar-refractivity contribution is -0.115. The Bertz CT molecular complexity index is 1470. The fourth-order valence-corrected chi connectivity index (χ4v) is 4.19. The molecular weight excluding hydrogens is 448 g/mol. The summed E-state index contributed by atoms with van der Waals surface area (Å²) >= 11 is 0.867. The number of hydrogen-bond donors (Lipinski definition) is 1. The van der Waals surface area contributed by atoms with Crippen LogP contribution in [0.4, 0.5) is 4.79 Å². The van der Waals surface area contributed by atoms with Crippen LogP contribution in [0.25, 0.3) is 22.2 Å². The summed E-state index contributed by atoms with van der Waals surface area (Å²) in [6.07, 6.45) is 2.37. The zero-order chi connectivity index (χ0) is 23.5. The summed E-state index contributed by atoms with van der Waals surface area (Å²) in [5.41, 5.74) is 5.69. The molecule has 0 bridgehead atoms. The van der Waals surface area contributed by atoms with Crippen LogP contribution < -0.4 is 10.1 Å². The van der Waals surface area contributed by atoms with Crippen molar-refractivity contribution >= 4 is 33.7 Å². The predicted octanol–water partition coefficient (Wildman–Crippen LogP) is 5.95. The Morgan fingerprint density at radius 1 is 1.06 bits per heavy atom. The Balaban J connectivity index is 1.26. The van der Waals surface area contributed by atoms with Crippen molar-refractivity contribution < 1.29 is 18.7 Å². The number of nitrogens with zero attached hydrogens (tertiary/aromatic N) is 1. The van der Waals surface area contributed by atoms with E-state index >= 15 is 0 Å². The number of carbonyl (C=O) groups is 2.